The van der Waals surface area contributed by atoms with E-state index in [-0.39, 0.29) is 11.6 Å². The molecule has 6 nitrogen and oxygen atoms in total. The lowest BCUT2D eigenvalue weighted by Crippen LogP contribution is -2.13. The van der Waals surface area contributed by atoms with E-state index in [1.165, 1.54) is 6.07 Å². The minimum atomic E-state index is -0.417. The number of phenols is 1. The third-order valence-corrected chi connectivity index (χ3v) is 5.87. The van der Waals surface area contributed by atoms with E-state index in [0.717, 1.165) is 11.1 Å². The molecular formula is C29H21ClN2O4. The molecule has 4 aromatic carbocycles. The number of methoxy groups -OCH3 is 1. The molecule has 0 aliphatic heterocycles. The normalized spacial score (nSPS) is 10.7. The van der Waals surface area contributed by atoms with Crippen LogP contribution >= 0.6 is 11.6 Å². The number of rotatable bonds is 6. The topological polar surface area (TPSA) is 84.6 Å². The molecule has 36 heavy (non-hydrogen) atoms. The van der Waals surface area contributed by atoms with E-state index in [1.54, 1.807) is 43.5 Å². The van der Waals surface area contributed by atoms with E-state index >= 15 is 0 Å². The average molecular weight is 497 g/mol. The van der Waals surface area contributed by atoms with Crippen molar-refractivity contribution in [2.24, 2.45) is 0 Å². The molecule has 0 aliphatic rings. The third-order valence-electron chi connectivity index (χ3n) is 5.64. The van der Waals surface area contributed by atoms with Gasteiger partial charge >= 0.3 is 0 Å². The van der Waals surface area contributed by atoms with Gasteiger partial charge in [0.15, 0.2) is 0 Å². The molecule has 2 N–H and O–H groups in total. The molecule has 0 atom stereocenters. The summed E-state index contributed by atoms with van der Waals surface area (Å²) < 4.78 is 11.4. The van der Waals surface area contributed by atoms with Gasteiger partial charge in [0.2, 0.25) is 11.8 Å². The number of halogens is 1. The monoisotopic (exact) mass is 496 g/mol. The minimum absolute atomic E-state index is 0.0224. The number of nitrogens with one attached hydrogen (secondary N) is 1. The predicted molar refractivity (Wildman–Crippen MR) is 140 cm³/mol. The summed E-state index contributed by atoms with van der Waals surface area (Å²) in [6.07, 6.45) is 0. The van der Waals surface area contributed by atoms with Gasteiger partial charge in [-0.2, -0.15) is 0 Å². The molecule has 0 saturated carbocycles. The lowest BCUT2D eigenvalue weighted by molar-refractivity contribution is 0.102. The van der Waals surface area contributed by atoms with Crippen LogP contribution in [0, 0.1) is 0 Å². The summed E-state index contributed by atoms with van der Waals surface area (Å²) in [5.74, 6) is 0.776. The number of ether oxygens (including phenoxy) is 1. The fourth-order valence-corrected chi connectivity index (χ4v) is 4.06. The van der Waals surface area contributed by atoms with Crippen molar-refractivity contribution < 1.29 is 19.1 Å². The summed E-state index contributed by atoms with van der Waals surface area (Å²) in [5.41, 5.74) is 3.35. The largest absolute Gasteiger partial charge is 0.507 e. The summed E-state index contributed by atoms with van der Waals surface area (Å²) in [6, 6.07) is 28.6. The number of aromatic hydroxyl groups is 1. The van der Waals surface area contributed by atoms with Crippen molar-refractivity contribution in [1.29, 1.82) is 0 Å². The zero-order valence-electron chi connectivity index (χ0n) is 19.2. The standard InChI is InChI=1S/C29H21ClN2O4/c1-35-21-11-7-10-19(16-21)26-29(36-28(31-26)18-8-3-2-4-9-18)32-27(34)24-13-6-5-12-22(24)23-15-14-20(30)17-25(23)33/h2-17,33H,1H3,(H,32,34). The molecule has 0 bridgehead atoms. The lowest BCUT2D eigenvalue weighted by Gasteiger charge is -2.11. The maximum atomic E-state index is 13.5. The van der Waals surface area contributed by atoms with Crippen molar-refractivity contribution in [1.82, 2.24) is 4.98 Å². The molecule has 0 spiro atoms. The second-order valence-corrected chi connectivity index (χ2v) is 8.39. The summed E-state index contributed by atoms with van der Waals surface area (Å²) >= 11 is 6.00. The lowest BCUT2D eigenvalue weighted by atomic mass is 9.98. The summed E-state index contributed by atoms with van der Waals surface area (Å²) in [4.78, 5) is 18.2. The molecule has 0 fully saturated rings. The Morgan fingerprint density at radius 2 is 1.64 bits per heavy atom. The SMILES string of the molecule is COc1cccc(-c2nc(-c3ccccc3)oc2NC(=O)c2ccccc2-c2ccc(Cl)cc2O)c1. The molecule has 1 aromatic heterocycles. The highest BCUT2D eigenvalue weighted by molar-refractivity contribution is 6.30. The molecule has 0 aliphatic carbocycles. The van der Waals surface area contributed by atoms with Gasteiger partial charge in [0.1, 0.15) is 17.2 Å². The second-order valence-electron chi connectivity index (χ2n) is 7.96. The van der Waals surface area contributed by atoms with Crippen LogP contribution in [0.25, 0.3) is 33.8 Å². The van der Waals surface area contributed by atoms with Crippen molar-refractivity contribution in [3.63, 3.8) is 0 Å². The van der Waals surface area contributed by atoms with Gasteiger partial charge in [0.05, 0.1) is 7.11 Å². The number of benzene rings is 4. The Morgan fingerprint density at radius 1 is 0.889 bits per heavy atom. The van der Waals surface area contributed by atoms with Gasteiger partial charge in [-0.25, -0.2) is 4.98 Å². The average Bonchev–Trinajstić information content (AvgIpc) is 3.33. The number of hydrogen-bond acceptors (Lipinski definition) is 5. The van der Waals surface area contributed by atoms with Crippen LogP contribution in [0.3, 0.4) is 0 Å². The van der Waals surface area contributed by atoms with Crippen molar-refractivity contribution in [3.8, 4) is 45.3 Å². The molecule has 0 radical (unpaired) electrons. The van der Waals surface area contributed by atoms with E-state index < -0.39 is 5.91 Å². The van der Waals surface area contributed by atoms with Crippen molar-refractivity contribution in [3.05, 3.63) is 108 Å². The molecule has 1 heterocycles. The van der Waals surface area contributed by atoms with Gasteiger partial charge in [-0.3, -0.25) is 10.1 Å². The Balaban J connectivity index is 1.57. The van der Waals surface area contributed by atoms with Crippen molar-refractivity contribution in [2.45, 2.75) is 0 Å². The van der Waals surface area contributed by atoms with Crippen molar-refractivity contribution >= 4 is 23.4 Å². The smallest absolute Gasteiger partial charge is 0.258 e. The van der Waals surface area contributed by atoms with Gasteiger partial charge in [0, 0.05) is 27.3 Å². The quantitative estimate of drug-likeness (QED) is 0.258. The molecule has 7 heteroatoms. The number of oxazole rings is 1. The zero-order valence-corrected chi connectivity index (χ0v) is 20.0. The number of carbonyl (C=O) groups is 1. The highest BCUT2D eigenvalue weighted by Gasteiger charge is 2.22. The number of nitrogens with zero attached hydrogens (tertiary/aromatic N) is 1. The molecule has 0 saturated heterocycles. The second kappa shape index (κ2) is 9.98. The molecule has 5 aromatic rings. The van der Waals surface area contributed by atoms with Crippen LogP contribution in [-0.4, -0.2) is 23.1 Å². The van der Waals surface area contributed by atoms with Crippen LogP contribution in [0.2, 0.25) is 5.02 Å². The molecule has 178 valence electrons. The molecule has 1 amide bonds. The summed E-state index contributed by atoms with van der Waals surface area (Å²) in [5, 5.41) is 13.7. The summed E-state index contributed by atoms with van der Waals surface area (Å²) in [7, 11) is 1.59. The fraction of sp³-hybridized carbons (Fsp3) is 0.0345. The summed E-state index contributed by atoms with van der Waals surface area (Å²) in [6.45, 7) is 0. The molecule has 0 unspecified atom stereocenters. The number of anilines is 1. The van der Waals surface area contributed by atoms with E-state index in [4.69, 9.17) is 20.8 Å². The van der Waals surface area contributed by atoms with Crippen LogP contribution in [-0.2, 0) is 0 Å². The number of carbonyl (C=O) groups excluding carboxylic acids is 1. The fourth-order valence-electron chi connectivity index (χ4n) is 3.89. The first-order chi connectivity index (χ1) is 17.5. The van der Waals surface area contributed by atoms with E-state index in [9.17, 15) is 9.90 Å². The van der Waals surface area contributed by atoms with Crippen LogP contribution in [0.15, 0.2) is 101 Å². The first-order valence-corrected chi connectivity index (χ1v) is 11.5. The van der Waals surface area contributed by atoms with Crippen LogP contribution < -0.4 is 10.1 Å². The number of amides is 1. The maximum absolute atomic E-state index is 13.5. The van der Waals surface area contributed by atoms with Crippen LogP contribution in [0.4, 0.5) is 5.88 Å². The molecule has 5 rings (SSSR count). The van der Waals surface area contributed by atoms with Gasteiger partial charge in [-0.05, 0) is 54.1 Å². The molecular weight excluding hydrogens is 476 g/mol. The van der Waals surface area contributed by atoms with Gasteiger partial charge in [0.25, 0.3) is 5.91 Å². The highest BCUT2D eigenvalue weighted by Crippen LogP contribution is 2.37. The Bertz CT molecular complexity index is 1550. The van der Waals surface area contributed by atoms with Gasteiger partial charge in [-0.15, -0.1) is 0 Å². The van der Waals surface area contributed by atoms with E-state index in [0.29, 0.717) is 39.0 Å². The predicted octanol–water partition coefficient (Wildman–Crippen LogP) is 7.30. The van der Waals surface area contributed by atoms with Gasteiger partial charge in [-0.1, -0.05) is 60.1 Å². The van der Waals surface area contributed by atoms with E-state index in [2.05, 4.69) is 10.3 Å². The Morgan fingerprint density at radius 3 is 2.42 bits per heavy atom. The first kappa shape index (κ1) is 23.2. The number of hydrogen-bond donors (Lipinski definition) is 2. The zero-order chi connectivity index (χ0) is 25.1. The highest BCUT2D eigenvalue weighted by atomic mass is 35.5. The van der Waals surface area contributed by atoms with E-state index in [1.807, 2.05) is 54.6 Å². The number of aromatic nitrogens is 1. The van der Waals surface area contributed by atoms with Crippen LogP contribution in [0.1, 0.15) is 10.4 Å². The Kier molecular flexibility index (Phi) is 6.43. The maximum Gasteiger partial charge on any atom is 0.258 e. The Labute approximate surface area is 212 Å². The van der Waals surface area contributed by atoms with Crippen molar-refractivity contribution in [2.75, 3.05) is 12.4 Å². The van der Waals surface area contributed by atoms with Crippen LogP contribution in [0.5, 0.6) is 11.5 Å². The Hall–Kier alpha value is -4.55. The number of phenolic OH excluding ortho intramolecular Hbond substituents is 1. The third kappa shape index (κ3) is 4.67. The first-order valence-electron chi connectivity index (χ1n) is 11.1. The van der Waals surface area contributed by atoms with Gasteiger partial charge < -0.3 is 14.3 Å². The minimum Gasteiger partial charge on any atom is -0.507 e.